The van der Waals surface area contributed by atoms with Crippen molar-refractivity contribution in [2.24, 2.45) is 5.92 Å². The molecule has 94 valence electrons. The lowest BCUT2D eigenvalue weighted by atomic mass is 9.96. The van der Waals surface area contributed by atoms with Gasteiger partial charge in [0.25, 0.3) is 0 Å². The van der Waals surface area contributed by atoms with Gasteiger partial charge in [-0.3, -0.25) is 9.78 Å². The zero-order chi connectivity index (χ0) is 13.1. The number of carbonyl (C=O) groups excluding carboxylic acids is 1. The Morgan fingerprint density at radius 1 is 1.22 bits per heavy atom. The van der Waals surface area contributed by atoms with Gasteiger partial charge < -0.3 is 4.74 Å². The van der Waals surface area contributed by atoms with E-state index in [0.717, 1.165) is 10.9 Å². The summed E-state index contributed by atoms with van der Waals surface area (Å²) in [6.07, 6.45) is 1.29. The van der Waals surface area contributed by atoms with Crippen LogP contribution >= 0.6 is 0 Å². The van der Waals surface area contributed by atoms with Gasteiger partial charge in [0, 0.05) is 24.3 Å². The molecule has 2 aromatic rings. The zero-order valence-electron chi connectivity index (χ0n) is 10.9. The number of para-hydroxylation sites is 1. The smallest absolute Gasteiger partial charge is 0.193 e. The summed E-state index contributed by atoms with van der Waals surface area (Å²) in [5.41, 5.74) is 1.38. The monoisotopic (exact) mass is 243 g/mol. The Labute approximate surface area is 107 Å². The Balaban J connectivity index is 2.51. The van der Waals surface area contributed by atoms with Crippen LogP contribution in [0.5, 0.6) is 0 Å². The van der Waals surface area contributed by atoms with Crippen LogP contribution < -0.4 is 0 Å². The highest BCUT2D eigenvalue weighted by atomic mass is 16.5. The first-order chi connectivity index (χ1) is 8.65. The number of ketones is 1. The minimum Gasteiger partial charge on any atom is -0.373 e. The topological polar surface area (TPSA) is 39.2 Å². The van der Waals surface area contributed by atoms with Crippen molar-refractivity contribution in [3.63, 3.8) is 0 Å². The van der Waals surface area contributed by atoms with E-state index in [1.807, 2.05) is 44.2 Å². The van der Waals surface area contributed by atoms with E-state index in [4.69, 9.17) is 4.74 Å². The van der Waals surface area contributed by atoms with Crippen molar-refractivity contribution in [2.45, 2.75) is 20.0 Å². The number of benzene rings is 1. The number of carbonyl (C=O) groups is 1. The SMILES string of the molecule is COC(C(=O)c1cccc2cccnc12)C(C)C. The van der Waals surface area contributed by atoms with Crippen LogP contribution in [0.1, 0.15) is 24.2 Å². The van der Waals surface area contributed by atoms with E-state index in [1.165, 1.54) is 0 Å². The summed E-state index contributed by atoms with van der Waals surface area (Å²) in [7, 11) is 1.57. The van der Waals surface area contributed by atoms with E-state index in [0.29, 0.717) is 5.56 Å². The van der Waals surface area contributed by atoms with Crippen molar-refractivity contribution in [1.29, 1.82) is 0 Å². The summed E-state index contributed by atoms with van der Waals surface area (Å²) in [6, 6.07) is 9.47. The molecule has 0 saturated carbocycles. The van der Waals surface area contributed by atoms with Gasteiger partial charge in [-0.05, 0) is 18.1 Å². The Kier molecular flexibility index (Phi) is 3.72. The first kappa shape index (κ1) is 12.7. The minimum absolute atomic E-state index is 0.00296. The average molecular weight is 243 g/mol. The van der Waals surface area contributed by atoms with Crippen LogP contribution in [0.2, 0.25) is 0 Å². The molecule has 0 saturated heterocycles. The number of aromatic nitrogens is 1. The summed E-state index contributed by atoms with van der Waals surface area (Å²) in [5, 5.41) is 0.974. The third kappa shape index (κ3) is 2.27. The molecule has 0 aliphatic carbocycles. The van der Waals surface area contributed by atoms with Gasteiger partial charge in [0.15, 0.2) is 5.78 Å². The lowest BCUT2D eigenvalue weighted by Gasteiger charge is -2.18. The molecule has 0 aliphatic heterocycles. The van der Waals surface area contributed by atoms with Crippen molar-refractivity contribution in [2.75, 3.05) is 7.11 Å². The first-order valence-corrected chi connectivity index (χ1v) is 6.06. The molecule has 0 spiro atoms. The van der Waals surface area contributed by atoms with Gasteiger partial charge in [0.2, 0.25) is 0 Å². The number of hydrogen-bond donors (Lipinski definition) is 0. The molecular formula is C15H17NO2. The molecule has 1 unspecified atom stereocenters. The molecule has 0 radical (unpaired) electrons. The van der Waals surface area contributed by atoms with E-state index >= 15 is 0 Å². The van der Waals surface area contributed by atoms with Gasteiger partial charge in [-0.25, -0.2) is 0 Å². The second-order valence-electron chi connectivity index (χ2n) is 4.65. The number of nitrogens with zero attached hydrogens (tertiary/aromatic N) is 1. The molecule has 3 heteroatoms. The Morgan fingerprint density at radius 3 is 2.61 bits per heavy atom. The van der Waals surface area contributed by atoms with E-state index < -0.39 is 6.10 Å². The number of rotatable bonds is 4. The number of hydrogen-bond acceptors (Lipinski definition) is 3. The molecule has 0 N–H and O–H groups in total. The van der Waals surface area contributed by atoms with E-state index in [-0.39, 0.29) is 11.7 Å². The fourth-order valence-corrected chi connectivity index (χ4v) is 2.14. The second kappa shape index (κ2) is 5.27. The van der Waals surface area contributed by atoms with Crippen molar-refractivity contribution in [3.05, 3.63) is 42.1 Å². The van der Waals surface area contributed by atoms with Crippen LogP contribution in [0.25, 0.3) is 10.9 Å². The van der Waals surface area contributed by atoms with Crippen molar-refractivity contribution in [3.8, 4) is 0 Å². The summed E-state index contributed by atoms with van der Waals surface area (Å²) in [6.45, 7) is 3.95. The summed E-state index contributed by atoms with van der Waals surface area (Å²) in [5.74, 6) is 0.137. The fourth-order valence-electron chi connectivity index (χ4n) is 2.14. The second-order valence-corrected chi connectivity index (χ2v) is 4.65. The number of fused-ring (bicyclic) bond motifs is 1. The predicted molar refractivity (Wildman–Crippen MR) is 71.7 cm³/mol. The molecule has 3 nitrogen and oxygen atoms in total. The first-order valence-electron chi connectivity index (χ1n) is 6.06. The van der Waals surface area contributed by atoms with Crippen LogP contribution in [0.15, 0.2) is 36.5 Å². The van der Waals surface area contributed by atoms with Gasteiger partial charge in [-0.15, -0.1) is 0 Å². The number of ether oxygens (including phenoxy) is 1. The van der Waals surface area contributed by atoms with Gasteiger partial charge in [-0.1, -0.05) is 32.0 Å². The molecule has 0 bridgehead atoms. The zero-order valence-corrected chi connectivity index (χ0v) is 10.9. The number of Topliss-reactive ketones (excluding diaryl/α,β-unsaturated/α-hetero) is 1. The van der Waals surface area contributed by atoms with Crippen LogP contribution in [-0.4, -0.2) is 24.0 Å². The average Bonchev–Trinajstić information content (AvgIpc) is 2.38. The Morgan fingerprint density at radius 2 is 1.94 bits per heavy atom. The highest BCUT2D eigenvalue weighted by Crippen LogP contribution is 2.20. The van der Waals surface area contributed by atoms with Gasteiger partial charge in [0.05, 0.1) is 5.52 Å². The summed E-state index contributed by atoms with van der Waals surface area (Å²) < 4.78 is 5.30. The minimum atomic E-state index is -0.419. The summed E-state index contributed by atoms with van der Waals surface area (Å²) >= 11 is 0. The largest absolute Gasteiger partial charge is 0.373 e. The molecule has 1 heterocycles. The highest BCUT2D eigenvalue weighted by molar-refractivity contribution is 6.08. The Bertz CT molecular complexity index is 558. The third-order valence-electron chi connectivity index (χ3n) is 3.02. The van der Waals surface area contributed by atoms with E-state index in [2.05, 4.69) is 4.98 Å². The molecule has 2 rings (SSSR count). The van der Waals surface area contributed by atoms with Crippen molar-refractivity contribution < 1.29 is 9.53 Å². The molecule has 1 atom stereocenters. The molecule has 0 amide bonds. The summed E-state index contributed by atoms with van der Waals surface area (Å²) in [4.78, 5) is 16.8. The van der Waals surface area contributed by atoms with Crippen LogP contribution in [0.4, 0.5) is 0 Å². The maximum absolute atomic E-state index is 12.5. The van der Waals surface area contributed by atoms with Crippen molar-refractivity contribution >= 4 is 16.7 Å². The molecule has 18 heavy (non-hydrogen) atoms. The maximum Gasteiger partial charge on any atom is 0.193 e. The highest BCUT2D eigenvalue weighted by Gasteiger charge is 2.24. The lowest BCUT2D eigenvalue weighted by molar-refractivity contribution is 0.0460. The quantitative estimate of drug-likeness (QED) is 0.775. The third-order valence-corrected chi connectivity index (χ3v) is 3.02. The predicted octanol–water partition coefficient (Wildman–Crippen LogP) is 3.09. The lowest BCUT2D eigenvalue weighted by Crippen LogP contribution is -2.28. The molecule has 1 aromatic heterocycles. The maximum atomic E-state index is 12.5. The molecular weight excluding hydrogens is 226 g/mol. The van der Waals surface area contributed by atoms with Gasteiger partial charge >= 0.3 is 0 Å². The normalized spacial score (nSPS) is 12.9. The number of methoxy groups -OCH3 is 1. The van der Waals surface area contributed by atoms with E-state index in [9.17, 15) is 4.79 Å². The van der Waals surface area contributed by atoms with Crippen LogP contribution in [0.3, 0.4) is 0 Å². The van der Waals surface area contributed by atoms with E-state index in [1.54, 1.807) is 13.3 Å². The van der Waals surface area contributed by atoms with Gasteiger partial charge in [-0.2, -0.15) is 0 Å². The Hall–Kier alpha value is -1.74. The van der Waals surface area contributed by atoms with Crippen LogP contribution in [-0.2, 0) is 4.74 Å². The number of pyridine rings is 1. The van der Waals surface area contributed by atoms with Gasteiger partial charge in [0.1, 0.15) is 6.10 Å². The fraction of sp³-hybridized carbons (Fsp3) is 0.333. The van der Waals surface area contributed by atoms with Crippen LogP contribution in [0, 0.1) is 5.92 Å². The molecule has 0 aliphatic rings. The standard InChI is InChI=1S/C15H17NO2/c1-10(2)15(18-3)14(17)12-8-4-6-11-7-5-9-16-13(11)12/h4-10,15H,1-3H3. The molecule has 0 fully saturated rings. The van der Waals surface area contributed by atoms with Crippen molar-refractivity contribution in [1.82, 2.24) is 4.98 Å². The molecule has 1 aromatic carbocycles.